The molecule has 0 aromatic heterocycles. The second-order valence-corrected chi connectivity index (χ2v) is 5.50. The van der Waals surface area contributed by atoms with E-state index in [1.165, 1.54) is 0 Å². The third-order valence-electron chi connectivity index (χ3n) is 4.00. The summed E-state index contributed by atoms with van der Waals surface area (Å²) in [6.07, 6.45) is 0. The van der Waals surface area contributed by atoms with Crippen LogP contribution in [0.25, 0.3) is 10.8 Å². The summed E-state index contributed by atoms with van der Waals surface area (Å²) in [7, 11) is 1.64. The summed E-state index contributed by atoms with van der Waals surface area (Å²) in [6.45, 7) is 1.98. The lowest BCUT2D eigenvalue weighted by Gasteiger charge is -2.15. The number of carbonyl (C=O) groups excluding carboxylic acids is 1. The molecule has 116 valence electrons. The molecule has 0 fully saturated rings. The van der Waals surface area contributed by atoms with Crippen molar-refractivity contribution in [1.29, 1.82) is 0 Å². The number of hydrogen-bond acceptors (Lipinski definition) is 2. The highest BCUT2D eigenvalue weighted by molar-refractivity contribution is 6.07. The Morgan fingerprint density at radius 2 is 1.65 bits per heavy atom. The Bertz CT molecular complexity index is 819. The molecule has 1 N–H and O–H groups in total. The average Bonchev–Trinajstić information content (AvgIpc) is 2.61. The normalized spacial score (nSPS) is 11.9. The van der Waals surface area contributed by atoms with Crippen molar-refractivity contribution < 1.29 is 9.53 Å². The first kappa shape index (κ1) is 15.1. The summed E-state index contributed by atoms with van der Waals surface area (Å²) in [5, 5.41) is 5.10. The first-order valence-electron chi connectivity index (χ1n) is 7.61. The molecule has 3 nitrogen and oxygen atoms in total. The number of nitrogens with one attached hydrogen (secondary N) is 1. The van der Waals surface area contributed by atoms with Crippen LogP contribution in [-0.4, -0.2) is 13.0 Å². The first-order chi connectivity index (χ1) is 11.2. The highest BCUT2D eigenvalue weighted by atomic mass is 16.5. The van der Waals surface area contributed by atoms with E-state index in [0.29, 0.717) is 5.56 Å². The Labute approximate surface area is 135 Å². The van der Waals surface area contributed by atoms with Gasteiger partial charge in [-0.2, -0.15) is 0 Å². The van der Waals surface area contributed by atoms with Crippen LogP contribution in [-0.2, 0) is 0 Å². The predicted octanol–water partition coefficient (Wildman–Crippen LogP) is 4.34. The van der Waals surface area contributed by atoms with Crippen molar-refractivity contribution in [1.82, 2.24) is 5.32 Å². The van der Waals surface area contributed by atoms with Gasteiger partial charge in [-0.1, -0.05) is 48.5 Å². The Morgan fingerprint density at radius 1 is 0.957 bits per heavy atom. The van der Waals surface area contributed by atoms with E-state index in [0.717, 1.165) is 22.1 Å². The molecule has 0 aliphatic rings. The Hall–Kier alpha value is -2.81. The number of fused-ring (bicyclic) bond motifs is 1. The van der Waals surface area contributed by atoms with E-state index in [4.69, 9.17) is 4.74 Å². The van der Waals surface area contributed by atoms with Gasteiger partial charge in [0.1, 0.15) is 5.75 Å². The van der Waals surface area contributed by atoms with Crippen LogP contribution in [0.3, 0.4) is 0 Å². The van der Waals surface area contributed by atoms with E-state index >= 15 is 0 Å². The number of benzene rings is 3. The zero-order valence-corrected chi connectivity index (χ0v) is 13.2. The van der Waals surface area contributed by atoms with E-state index in [1.807, 2.05) is 73.7 Å². The summed E-state index contributed by atoms with van der Waals surface area (Å²) in [5.74, 6) is 0.742. The average molecular weight is 305 g/mol. The summed E-state index contributed by atoms with van der Waals surface area (Å²) in [6, 6.07) is 21.3. The number of ether oxygens (including phenoxy) is 1. The van der Waals surface area contributed by atoms with E-state index in [1.54, 1.807) is 7.11 Å². The van der Waals surface area contributed by atoms with Gasteiger partial charge in [-0.3, -0.25) is 4.79 Å². The van der Waals surface area contributed by atoms with E-state index < -0.39 is 0 Å². The number of carbonyl (C=O) groups is 1. The van der Waals surface area contributed by atoms with Crippen LogP contribution >= 0.6 is 0 Å². The number of rotatable bonds is 4. The molecule has 0 heterocycles. The highest BCUT2D eigenvalue weighted by Crippen LogP contribution is 2.21. The SMILES string of the molecule is COc1ccc([C@H](C)NC(=O)c2cccc3ccccc23)cc1. The maximum Gasteiger partial charge on any atom is 0.252 e. The summed E-state index contributed by atoms with van der Waals surface area (Å²) >= 11 is 0. The third kappa shape index (κ3) is 3.19. The molecule has 3 heteroatoms. The van der Waals surface area contributed by atoms with E-state index in [-0.39, 0.29) is 11.9 Å². The fourth-order valence-electron chi connectivity index (χ4n) is 2.67. The monoisotopic (exact) mass is 305 g/mol. The van der Waals surface area contributed by atoms with Gasteiger partial charge in [0.15, 0.2) is 0 Å². The minimum atomic E-state index is -0.0765. The molecule has 0 bridgehead atoms. The topological polar surface area (TPSA) is 38.3 Å². The maximum absolute atomic E-state index is 12.6. The quantitative estimate of drug-likeness (QED) is 0.778. The van der Waals surface area contributed by atoms with Crippen molar-refractivity contribution in [3.63, 3.8) is 0 Å². The van der Waals surface area contributed by atoms with Crippen molar-refractivity contribution in [3.8, 4) is 5.75 Å². The van der Waals surface area contributed by atoms with E-state index in [9.17, 15) is 4.79 Å². The molecule has 0 saturated carbocycles. The van der Waals surface area contributed by atoms with Crippen molar-refractivity contribution >= 4 is 16.7 Å². The molecule has 3 rings (SSSR count). The van der Waals surface area contributed by atoms with Gasteiger partial charge in [0.05, 0.1) is 13.2 Å². The van der Waals surface area contributed by atoms with Gasteiger partial charge < -0.3 is 10.1 Å². The molecule has 0 aliphatic carbocycles. The molecule has 1 atom stereocenters. The Morgan fingerprint density at radius 3 is 2.39 bits per heavy atom. The lowest BCUT2D eigenvalue weighted by molar-refractivity contribution is 0.0941. The Balaban J connectivity index is 1.82. The van der Waals surface area contributed by atoms with Crippen LogP contribution < -0.4 is 10.1 Å². The second kappa shape index (κ2) is 6.53. The van der Waals surface area contributed by atoms with Crippen LogP contribution in [0.5, 0.6) is 5.75 Å². The zero-order valence-electron chi connectivity index (χ0n) is 13.2. The molecule has 23 heavy (non-hydrogen) atoms. The summed E-state index contributed by atoms with van der Waals surface area (Å²) < 4.78 is 5.16. The molecule has 3 aromatic carbocycles. The van der Waals surface area contributed by atoms with Crippen molar-refractivity contribution in [2.45, 2.75) is 13.0 Å². The van der Waals surface area contributed by atoms with Gasteiger partial charge in [-0.05, 0) is 41.5 Å². The van der Waals surface area contributed by atoms with Crippen LogP contribution in [0.15, 0.2) is 66.7 Å². The fourth-order valence-corrected chi connectivity index (χ4v) is 2.67. The van der Waals surface area contributed by atoms with Gasteiger partial charge >= 0.3 is 0 Å². The molecule has 0 aliphatic heterocycles. The summed E-state index contributed by atoms with van der Waals surface area (Å²) in [4.78, 5) is 12.6. The van der Waals surface area contributed by atoms with Crippen LogP contribution in [0.4, 0.5) is 0 Å². The van der Waals surface area contributed by atoms with Crippen LogP contribution in [0.1, 0.15) is 28.9 Å². The smallest absolute Gasteiger partial charge is 0.252 e. The van der Waals surface area contributed by atoms with Gasteiger partial charge in [0, 0.05) is 5.56 Å². The third-order valence-corrected chi connectivity index (χ3v) is 4.00. The van der Waals surface area contributed by atoms with E-state index in [2.05, 4.69) is 5.32 Å². The van der Waals surface area contributed by atoms with Gasteiger partial charge in [-0.25, -0.2) is 0 Å². The first-order valence-corrected chi connectivity index (χ1v) is 7.61. The molecule has 0 unspecified atom stereocenters. The van der Waals surface area contributed by atoms with Gasteiger partial charge in [-0.15, -0.1) is 0 Å². The van der Waals surface area contributed by atoms with Crippen molar-refractivity contribution in [2.75, 3.05) is 7.11 Å². The lowest BCUT2D eigenvalue weighted by atomic mass is 10.0. The van der Waals surface area contributed by atoms with Gasteiger partial charge in [0.2, 0.25) is 0 Å². The number of hydrogen-bond donors (Lipinski definition) is 1. The minimum Gasteiger partial charge on any atom is -0.497 e. The lowest BCUT2D eigenvalue weighted by Crippen LogP contribution is -2.26. The fraction of sp³-hybridized carbons (Fsp3) is 0.150. The molecular weight excluding hydrogens is 286 g/mol. The molecule has 0 spiro atoms. The molecule has 3 aromatic rings. The molecule has 0 radical (unpaired) electrons. The maximum atomic E-state index is 12.6. The largest absolute Gasteiger partial charge is 0.497 e. The van der Waals surface area contributed by atoms with Crippen molar-refractivity contribution in [3.05, 3.63) is 77.9 Å². The van der Waals surface area contributed by atoms with Crippen LogP contribution in [0.2, 0.25) is 0 Å². The number of methoxy groups -OCH3 is 1. The molecule has 1 amide bonds. The summed E-state index contributed by atoms with van der Waals surface area (Å²) in [5.41, 5.74) is 1.74. The molecule has 0 saturated heterocycles. The molecular formula is C20H19NO2. The highest BCUT2D eigenvalue weighted by Gasteiger charge is 2.13. The Kier molecular flexibility index (Phi) is 4.29. The number of amides is 1. The predicted molar refractivity (Wildman–Crippen MR) is 92.8 cm³/mol. The van der Waals surface area contributed by atoms with Crippen LogP contribution in [0, 0.1) is 0 Å². The second-order valence-electron chi connectivity index (χ2n) is 5.50. The minimum absolute atomic E-state index is 0.0647. The van der Waals surface area contributed by atoms with Gasteiger partial charge in [0.25, 0.3) is 5.91 Å². The standard InChI is InChI=1S/C20H19NO2/c1-14(15-10-12-17(23-2)13-11-15)21-20(22)19-9-5-7-16-6-3-4-8-18(16)19/h3-14H,1-2H3,(H,21,22)/t14-/m0/s1. The van der Waals surface area contributed by atoms with Crippen molar-refractivity contribution in [2.24, 2.45) is 0 Å². The zero-order chi connectivity index (χ0) is 16.2.